The molecule has 7 heteroatoms. The molecule has 3 N–H and O–H groups in total. The maximum absolute atomic E-state index is 13.5. The molecule has 0 aliphatic heterocycles. The van der Waals surface area contributed by atoms with Gasteiger partial charge < -0.3 is 11.1 Å². The van der Waals surface area contributed by atoms with E-state index in [2.05, 4.69) is 31.2 Å². The molecule has 1 amide bonds. The highest BCUT2D eigenvalue weighted by molar-refractivity contribution is 9.10. The summed E-state index contributed by atoms with van der Waals surface area (Å²) in [5.41, 5.74) is 5.55. The topological polar surface area (TPSA) is 80.9 Å². The van der Waals surface area contributed by atoms with Gasteiger partial charge in [-0.2, -0.15) is 0 Å². The molecule has 0 saturated carbocycles. The molecule has 1 heterocycles. The maximum Gasteiger partial charge on any atom is 0.259 e. The van der Waals surface area contributed by atoms with Crippen molar-refractivity contribution < 1.29 is 9.18 Å². The van der Waals surface area contributed by atoms with Gasteiger partial charge in [0, 0.05) is 5.69 Å². The largest absolute Gasteiger partial charge is 0.399 e. The number of hydrogen-bond donors (Lipinski definition) is 2. The van der Waals surface area contributed by atoms with Crippen LogP contribution in [0.3, 0.4) is 0 Å². The Labute approximate surface area is 110 Å². The van der Waals surface area contributed by atoms with E-state index in [0.29, 0.717) is 4.60 Å². The molecule has 0 saturated heterocycles. The van der Waals surface area contributed by atoms with Gasteiger partial charge in [-0.15, -0.1) is 0 Å². The highest BCUT2D eigenvalue weighted by Gasteiger charge is 2.12. The average molecular weight is 311 g/mol. The summed E-state index contributed by atoms with van der Waals surface area (Å²) in [5.74, 6) is -1.05. The van der Waals surface area contributed by atoms with Crippen LogP contribution in [0.2, 0.25) is 0 Å². The first-order valence-corrected chi connectivity index (χ1v) is 5.69. The number of carbonyl (C=O) groups is 1. The minimum absolute atomic E-state index is 0.103. The molecule has 2 aromatic rings. The zero-order valence-corrected chi connectivity index (χ0v) is 10.6. The molecule has 0 unspecified atom stereocenters. The summed E-state index contributed by atoms with van der Waals surface area (Å²) < 4.78 is 14.0. The van der Waals surface area contributed by atoms with E-state index in [1.807, 2.05) is 0 Å². The van der Waals surface area contributed by atoms with Gasteiger partial charge in [0.25, 0.3) is 5.91 Å². The molecule has 92 valence electrons. The second kappa shape index (κ2) is 5.09. The van der Waals surface area contributed by atoms with Gasteiger partial charge in [-0.05, 0) is 34.1 Å². The minimum atomic E-state index is -0.683. The second-order valence-corrected chi connectivity index (χ2v) is 4.23. The molecule has 2 rings (SSSR count). The summed E-state index contributed by atoms with van der Waals surface area (Å²) in [6, 6.07) is 3.85. The number of benzene rings is 1. The van der Waals surface area contributed by atoms with Crippen molar-refractivity contribution in [3.8, 4) is 0 Å². The monoisotopic (exact) mass is 310 g/mol. The fraction of sp³-hybridized carbons (Fsp3) is 0. The second-order valence-electron chi connectivity index (χ2n) is 3.42. The quantitative estimate of drug-likeness (QED) is 0.833. The van der Waals surface area contributed by atoms with Crippen LogP contribution in [0.5, 0.6) is 0 Å². The Morgan fingerprint density at radius 1 is 1.33 bits per heavy atom. The number of hydrogen-bond acceptors (Lipinski definition) is 4. The number of nitrogens with zero attached hydrogens (tertiary/aromatic N) is 2. The van der Waals surface area contributed by atoms with Crippen LogP contribution >= 0.6 is 15.9 Å². The summed E-state index contributed by atoms with van der Waals surface area (Å²) in [6.45, 7) is 0. The predicted octanol–water partition coefficient (Wildman–Crippen LogP) is 2.21. The molecular formula is C11H8BrFN4O. The van der Waals surface area contributed by atoms with Crippen LogP contribution in [0.25, 0.3) is 0 Å². The van der Waals surface area contributed by atoms with Crippen LogP contribution in [-0.2, 0) is 0 Å². The third-order valence-corrected chi connectivity index (χ3v) is 2.51. The summed E-state index contributed by atoms with van der Waals surface area (Å²) in [5, 5.41) is 2.43. The van der Waals surface area contributed by atoms with Gasteiger partial charge in [-0.3, -0.25) is 4.79 Å². The van der Waals surface area contributed by atoms with Gasteiger partial charge in [0.05, 0.1) is 18.0 Å². The predicted molar refractivity (Wildman–Crippen MR) is 68.5 cm³/mol. The molecule has 18 heavy (non-hydrogen) atoms. The van der Waals surface area contributed by atoms with E-state index in [4.69, 9.17) is 5.73 Å². The number of nitrogens with one attached hydrogen (secondary N) is 1. The Bertz CT molecular complexity index is 588. The number of carbonyl (C=O) groups excluding carboxylic acids is 1. The number of anilines is 2. The molecule has 5 nitrogen and oxygen atoms in total. The number of amides is 1. The molecule has 0 atom stereocenters. The van der Waals surface area contributed by atoms with E-state index in [1.54, 1.807) is 0 Å². The normalized spacial score (nSPS) is 10.1. The van der Waals surface area contributed by atoms with Gasteiger partial charge in [0.2, 0.25) is 0 Å². The van der Waals surface area contributed by atoms with Gasteiger partial charge >= 0.3 is 0 Å². The maximum atomic E-state index is 13.5. The van der Waals surface area contributed by atoms with Crippen LogP contribution in [0, 0.1) is 5.82 Å². The van der Waals surface area contributed by atoms with Crippen LogP contribution in [0.15, 0.2) is 35.2 Å². The van der Waals surface area contributed by atoms with E-state index in [9.17, 15) is 9.18 Å². The Hall–Kier alpha value is -2.02. The van der Waals surface area contributed by atoms with Crippen molar-refractivity contribution in [3.63, 3.8) is 0 Å². The smallest absolute Gasteiger partial charge is 0.259 e. The first kappa shape index (κ1) is 12.4. The molecule has 0 bridgehead atoms. The van der Waals surface area contributed by atoms with E-state index in [-0.39, 0.29) is 17.1 Å². The number of halogens is 2. The van der Waals surface area contributed by atoms with Crippen LogP contribution in [-0.4, -0.2) is 15.9 Å². The van der Waals surface area contributed by atoms with Crippen molar-refractivity contribution >= 4 is 33.3 Å². The van der Waals surface area contributed by atoms with Crippen LogP contribution in [0.1, 0.15) is 10.4 Å². The molecule has 0 aliphatic carbocycles. The summed E-state index contributed by atoms with van der Waals surface area (Å²) in [6.07, 6.45) is 2.78. The first-order valence-electron chi connectivity index (χ1n) is 4.90. The van der Waals surface area contributed by atoms with E-state index < -0.39 is 11.7 Å². The third kappa shape index (κ3) is 2.80. The third-order valence-electron chi connectivity index (χ3n) is 2.10. The molecule has 0 radical (unpaired) electrons. The standard InChI is InChI=1S/C11H8BrFN4O/c12-9-4-16-10(5-15-9)17-11(18)7-2-1-6(14)3-8(7)13/h1-5H,14H2,(H,16,17,18). The average Bonchev–Trinajstić information content (AvgIpc) is 2.32. The van der Waals surface area contributed by atoms with Crippen molar-refractivity contribution in [3.05, 3.63) is 46.6 Å². The highest BCUT2D eigenvalue weighted by Crippen LogP contribution is 2.14. The number of nitrogens with two attached hydrogens (primary N) is 1. The number of nitrogen functional groups attached to an aromatic ring is 1. The van der Waals surface area contributed by atoms with E-state index in [0.717, 1.165) is 6.07 Å². The zero-order chi connectivity index (χ0) is 13.1. The lowest BCUT2D eigenvalue weighted by Gasteiger charge is -2.05. The van der Waals surface area contributed by atoms with Gasteiger partial charge in [0.15, 0.2) is 5.82 Å². The molecule has 0 aliphatic rings. The molecule has 0 fully saturated rings. The van der Waals surface area contributed by atoms with Crippen LogP contribution in [0.4, 0.5) is 15.9 Å². The van der Waals surface area contributed by atoms with Gasteiger partial charge in [-0.25, -0.2) is 14.4 Å². The number of aromatic nitrogens is 2. The summed E-state index contributed by atoms with van der Waals surface area (Å²) >= 11 is 3.12. The van der Waals surface area contributed by atoms with E-state index >= 15 is 0 Å². The highest BCUT2D eigenvalue weighted by atomic mass is 79.9. The van der Waals surface area contributed by atoms with Crippen LogP contribution < -0.4 is 11.1 Å². The fourth-order valence-corrected chi connectivity index (χ4v) is 1.48. The Morgan fingerprint density at radius 2 is 2.11 bits per heavy atom. The zero-order valence-electron chi connectivity index (χ0n) is 9.02. The molecule has 1 aromatic carbocycles. The van der Waals surface area contributed by atoms with Gasteiger partial charge in [-0.1, -0.05) is 0 Å². The lowest BCUT2D eigenvalue weighted by Crippen LogP contribution is -2.15. The van der Waals surface area contributed by atoms with Crippen molar-refractivity contribution in [2.75, 3.05) is 11.1 Å². The Kier molecular flexibility index (Phi) is 3.52. The minimum Gasteiger partial charge on any atom is -0.399 e. The van der Waals surface area contributed by atoms with Gasteiger partial charge in [0.1, 0.15) is 10.4 Å². The Balaban J connectivity index is 2.19. The van der Waals surface area contributed by atoms with Crippen molar-refractivity contribution in [1.82, 2.24) is 9.97 Å². The van der Waals surface area contributed by atoms with Crippen molar-refractivity contribution in [1.29, 1.82) is 0 Å². The van der Waals surface area contributed by atoms with E-state index in [1.165, 1.54) is 24.5 Å². The van der Waals surface area contributed by atoms with Crippen molar-refractivity contribution in [2.24, 2.45) is 0 Å². The lowest BCUT2D eigenvalue weighted by atomic mass is 10.2. The summed E-state index contributed by atoms with van der Waals surface area (Å²) in [7, 11) is 0. The Morgan fingerprint density at radius 3 is 2.72 bits per heavy atom. The summed E-state index contributed by atoms with van der Waals surface area (Å²) in [4.78, 5) is 19.6. The number of rotatable bonds is 2. The van der Waals surface area contributed by atoms with Crippen molar-refractivity contribution in [2.45, 2.75) is 0 Å². The fourth-order valence-electron chi connectivity index (χ4n) is 1.28. The first-order chi connectivity index (χ1) is 8.56. The SMILES string of the molecule is Nc1ccc(C(=O)Nc2cnc(Br)cn2)c(F)c1. The molecule has 0 spiro atoms. The molecule has 1 aromatic heterocycles. The lowest BCUT2D eigenvalue weighted by molar-refractivity contribution is 0.102. The molecular weight excluding hydrogens is 303 g/mol.